The van der Waals surface area contributed by atoms with Gasteiger partial charge < -0.3 is 9.84 Å². The molecule has 22 heavy (non-hydrogen) atoms. The summed E-state index contributed by atoms with van der Waals surface area (Å²) in [6.07, 6.45) is 4.41. The number of benzene rings is 1. The van der Waals surface area contributed by atoms with E-state index in [1.165, 1.54) is 23.1 Å². The number of piperidine rings is 1. The number of methoxy groups -OCH3 is 1. The van der Waals surface area contributed by atoms with E-state index in [-0.39, 0.29) is 5.41 Å². The maximum atomic E-state index is 9.96. The van der Waals surface area contributed by atoms with Crippen LogP contribution < -0.4 is 0 Å². The van der Waals surface area contributed by atoms with E-state index in [0.29, 0.717) is 6.61 Å². The fourth-order valence-corrected chi connectivity index (χ4v) is 3.66. The quantitative estimate of drug-likeness (QED) is 0.785. The zero-order valence-corrected chi connectivity index (χ0v) is 14.4. The number of hydrogen-bond donors (Lipinski definition) is 1. The van der Waals surface area contributed by atoms with Crippen molar-refractivity contribution in [3.63, 3.8) is 0 Å². The van der Waals surface area contributed by atoms with Gasteiger partial charge in [0.05, 0.1) is 0 Å². The molecule has 1 aromatic rings. The molecular weight excluding hydrogens is 274 g/mol. The third-order valence-electron chi connectivity index (χ3n) is 5.03. The van der Waals surface area contributed by atoms with Gasteiger partial charge in [0, 0.05) is 38.8 Å². The van der Waals surface area contributed by atoms with Crippen LogP contribution in [0, 0.1) is 19.3 Å². The minimum atomic E-state index is 0.0640. The van der Waals surface area contributed by atoms with Gasteiger partial charge in [0.25, 0.3) is 0 Å². The first-order valence-corrected chi connectivity index (χ1v) is 8.47. The first-order chi connectivity index (χ1) is 10.6. The van der Waals surface area contributed by atoms with E-state index in [4.69, 9.17) is 4.74 Å². The van der Waals surface area contributed by atoms with Gasteiger partial charge in [0.1, 0.15) is 0 Å². The normalized spacial score (nSPS) is 22.9. The summed E-state index contributed by atoms with van der Waals surface area (Å²) in [7, 11) is 1.75. The Hall–Kier alpha value is -0.900. The summed E-state index contributed by atoms with van der Waals surface area (Å²) in [5.41, 5.74) is 4.18. The van der Waals surface area contributed by atoms with Crippen LogP contribution in [0.2, 0.25) is 0 Å². The van der Waals surface area contributed by atoms with Crippen molar-refractivity contribution >= 4 is 0 Å². The zero-order valence-electron chi connectivity index (χ0n) is 14.4. The summed E-state index contributed by atoms with van der Waals surface area (Å²) in [6.45, 7) is 8.57. The largest absolute Gasteiger partial charge is 0.396 e. The summed E-state index contributed by atoms with van der Waals surface area (Å²) in [4.78, 5) is 2.52. The van der Waals surface area contributed by atoms with Crippen molar-refractivity contribution in [3.8, 4) is 0 Å². The molecule has 0 saturated carbocycles. The molecule has 3 nitrogen and oxygen atoms in total. The van der Waals surface area contributed by atoms with E-state index in [1.807, 2.05) is 0 Å². The lowest BCUT2D eigenvalue weighted by atomic mass is 9.77. The molecule has 1 fully saturated rings. The number of likely N-dealkylation sites (tertiary alicyclic amines) is 1. The Morgan fingerprint density at radius 2 is 2.14 bits per heavy atom. The van der Waals surface area contributed by atoms with Gasteiger partial charge in [0.15, 0.2) is 0 Å². The van der Waals surface area contributed by atoms with Crippen LogP contribution in [0.4, 0.5) is 0 Å². The molecule has 1 aliphatic rings. The standard InChI is InChI=1S/C19H31NO2/c1-16-6-7-17(2)18(12-16)13-20-10-4-8-19(14-20,15-21)9-5-11-22-3/h6-7,12,21H,4-5,8-11,13-15H2,1-3H3. The predicted octanol–water partition coefficient (Wildman–Crippen LogP) is 3.30. The van der Waals surface area contributed by atoms with E-state index in [1.54, 1.807) is 7.11 Å². The van der Waals surface area contributed by atoms with Crippen molar-refractivity contribution in [2.75, 3.05) is 33.4 Å². The van der Waals surface area contributed by atoms with Gasteiger partial charge in [0.2, 0.25) is 0 Å². The average Bonchev–Trinajstić information content (AvgIpc) is 2.52. The average molecular weight is 305 g/mol. The molecule has 1 N–H and O–H groups in total. The third-order valence-corrected chi connectivity index (χ3v) is 5.03. The van der Waals surface area contributed by atoms with Crippen LogP contribution in [0.5, 0.6) is 0 Å². The molecule has 0 amide bonds. The van der Waals surface area contributed by atoms with E-state index in [9.17, 15) is 5.11 Å². The third kappa shape index (κ3) is 4.55. The molecule has 0 spiro atoms. The van der Waals surface area contributed by atoms with Crippen molar-refractivity contribution in [2.24, 2.45) is 5.41 Å². The number of aliphatic hydroxyl groups is 1. The van der Waals surface area contributed by atoms with Crippen LogP contribution in [0.15, 0.2) is 18.2 Å². The molecule has 0 bridgehead atoms. The van der Waals surface area contributed by atoms with Crippen molar-refractivity contribution in [1.29, 1.82) is 0 Å². The topological polar surface area (TPSA) is 32.7 Å². The molecule has 1 unspecified atom stereocenters. The maximum Gasteiger partial charge on any atom is 0.0499 e. The molecule has 0 radical (unpaired) electrons. The minimum Gasteiger partial charge on any atom is -0.396 e. The summed E-state index contributed by atoms with van der Waals surface area (Å²) >= 11 is 0. The van der Waals surface area contributed by atoms with Crippen LogP contribution in [0.1, 0.15) is 42.4 Å². The highest BCUT2D eigenvalue weighted by molar-refractivity contribution is 5.30. The highest BCUT2D eigenvalue weighted by atomic mass is 16.5. The van der Waals surface area contributed by atoms with Crippen LogP contribution >= 0.6 is 0 Å². The van der Waals surface area contributed by atoms with Crippen molar-refractivity contribution in [3.05, 3.63) is 34.9 Å². The molecule has 1 heterocycles. The predicted molar refractivity (Wildman–Crippen MR) is 91.1 cm³/mol. The Labute approximate surface area is 135 Å². The van der Waals surface area contributed by atoms with Crippen LogP contribution in [0.3, 0.4) is 0 Å². The second-order valence-electron chi connectivity index (χ2n) is 7.00. The fraction of sp³-hybridized carbons (Fsp3) is 0.684. The van der Waals surface area contributed by atoms with Gasteiger partial charge in [-0.15, -0.1) is 0 Å². The molecule has 2 rings (SSSR count). The number of rotatable bonds is 7. The lowest BCUT2D eigenvalue weighted by molar-refractivity contribution is 0.0158. The van der Waals surface area contributed by atoms with E-state index < -0.39 is 0 Å². The lowest BCUT2D eigenvalue weighted by Crippen LogP contribution is -2.45. The number of hydrogen-bond acceptors (Lipinski definition) is 3. The van der Waals surface area contributed by atoms with Gasteiger partial charge in [-0.3, -0.25) is 4.90 Å². The second-order valence-corrected chi connectivity index (χ2v) is 7.00. The molecule has 0 aromatic heterocycles. The monoisotopic (exact) mass is 305 g/mol. The molecule has 3 heteroatoms. The molecule has 1 atom stereocenters. The van der Waals surface area contributed by atoms with Crippen molar-refractivity contribution < 1.29 is 9.84 Å². The maximum absolute atomic E-state index is 9.96. The molecule has 1 saturated heterocycles. The van der Waals surface area contributed by atoms with Crippen molar-refractivity contribution in [1.82, 2.24) is 4.90 Å². The van der Waals surface area contributed by atoms with E-state index in [2.05, 4.69) is 36.9 Å². The van der Waals surface area contributed by atoms with Gasteiger partial charge in [-0.25, -0.2) is 0 Å². The SMILES string of the molecule is COCCCC1(CO)CCCN(Cc2cc(C)ccc2C)C1. The van der Waals surface area contributed by atoms with E-state index in [0.717, 1.165) is 45.5 Å². The summed E-state index contributed by atoms with van der Waals surface area (Å²) < 4.78 is 5.18. The molecular formula is C19H31NO2. The summed E-state index contributed by atoms with van der Waals surface area (Å²) in [5.74, 6) is 0. The summed E-state index contributed by atoms with van der Waals surface area (Å²) in [5, 5.41) is 9.96. The second kappa shape index (κ2) is 8.09. The van der Waals surface area contributed by atoms with Gasteiger partial charge in [-0.2, -0.15) is 0 Å². The Kier molecular flexibility index (Phi) is 6.42. The van der Waals surface area contributed by atoms with Gasteiger partial charge >= 0.3 is 0 Å². The molecule has 124 valence electrons. The number of aryl methyl sites for hydroxylation is 2. The Morgan fingerprint density at radius 3 is 2.86 bits per heavy atom. The van der Waals surface area contributed by atoms with Gasteiger partial charge in [-0.1, -0.05) is 23.8 Å². The first-order valence-electron chi connectivity index (χ1n) is 8.47. The van der Waals surface area contributed by atoms with Crippen LogP contribution in [0.25, 0.3) is 0 Å². The molecule has 1 aliphatic heterocycles. The fourth-order valence-electron chi connectivity index (χ4n) is 3.66. The first kappa shape index (κ1) is 17.5. The zero-order chi connectivity index (χ0) is 16.0. The molecule has 1 aromatic carbocycles. The van der Waals surface area contributed by atoms with Gasteiger partial charge in [-0.05, 0) is 57.2 Å². The smallest absolute Gasteiger partial charge is 0.0499 e. The highest BCUT2D eigenvalue weighted by Crippen LogP contribution is 2.35. The molecule has 0 aliphatic carbocycles. The minimum absolute atomic E-state index is 0.0640. The van der Waals surface area contributed by atoms with Crippen LogP contribution in [-0.4, -0.2) is 43.4 Å². The van der Waals surface area contributed by atoms with Crippen molar-refractivity contribution in [2.45, 2.75) is 46.1 Å². The number of aliphatic hydroxyl groups excluding tert-OH is 1. The Balaban J connectivity index is 2.01. The Morgan fingerprint density at radius 1 is 1.32 bits per heavy atom. The number of nitrogens with zero attached hydrogens (tertiary/aromatic N) is 1. The van der Waals surface area contributed by atoms with Crippen LogP contribution in [-0.2, 0) is 11.3 Å². The Bertz CT molecular complexity index is 475. The summed E-state index contributed by atoms with van der Waals surface area (Å²) in [6, 6.07) is 6.69. The number of ether oxygens (including phenoxy) is 1. The highest BCUT2D eigenvalue weighted by Gasteiger charge is 2.34. The van der Waals surface area contributed by atoms with E-state index >= 15 is 0 Å². The lowest BCUT2D eigenvalue weighted by Gasteiger charge is -2.42.